The lowest BCUT2D eigenvalue weighted by molar-refractivity contribution is -0.149. The van der Waals surface area contributed by atoms with Crippen LogP contribution in [0, 0.1) is 28.9 Å². The van der Waals surface area contributed by atoms with Gasteiger partial charge in [-0.25, -0.2) is 8.78 Å². The Kier molecular flexibility index (Phi) is 8.80. The summed E-state index contributed by atoms with van der Waals surface area (Å²) in [6.45, 7) is 14.9. The van der Waals surface area contributed by atoms with Crippen molar-refractivity contribution in [3.63, 3.8) is 0 Å². The maximum absolute atomic E-state index is 15.0. The lowest BCUT2D eigenvalue weighted by Gasteiger charge is -2.49. The summed E-state index contributed by atoms with van der Waals surface area (Å²) in [5.41, 5.74) is -0.447. The van der Waals surface area contributed by atoms with Crippen molar-refractivity contribution in [2.45, 2.75) is 110 Å². The van der Waals surface area contributed by atoms with Gasteiger partial charge in [0.2, 0.25) is 11.8 Å². The Morgan fingerprint density at radius 1 is 0.923 bits per heavy atom. The molecule has 2 heterocycles. The third kappa shape index (κ3) is 6.66. The van der Waals surface area contributed by atoms with E-state index in [1.165, 1.54) is 18.6 Å². The van der Waals surface area contributed by atoms with Crippen LogP contribution in [0.3, 0.4) is 0 Å². The monoisotopic (exact) mass is 545 g/mol. The Morgan fingerprint density at radius 3 is 2.13 bits per heavy atom. The second-order valence-corrected chi connectivity index (χ2v) is 14.3. The predicted octanol–water partition coefficient (Wildman–Crippen LogP) is 6.27. The van der Waals surface area contributed by atoms with Gasteiger partial charge in [-0.3, -0.25) is 14.5 Å². The number of carbonyl (C=O) groups excluding carboxylic acids is 2. The summed E-state index contributed by atoms with van der Waals surface area (Å²) in [5.74, 6) is -1.37. The Labute approximate surface area is 234 Å². The molecular formula is C32H49F2N3O2. The maximum atomic E-state index is 15.0. The number of likely N-dealkylation sites (tertiary alicyclic amines) is 2. The lowest BCUT2D eigenvalue weighted by atomic mass is 9.63. The largest absolute Gasteiger partial charge is 0.351 e. The van der Waals surface area contributed by atoms with E-state index < -0.39 is 17.0 Å². The fraction of sp³-hybridized carbons (Fsp3) is 0.750. The molecule has 1 N–H and O–H groups in total. The van der Waals surface area contributed by atoms with Crippen LogP contribution in [0.1, 0.15) is 104 Å². The van der Waals surface area contributed by atoms with Crippen LogP contribution in [0.15, 0.2) is 18.2 Å². The van der Waals surface area contributed by atoms with Crippen LogP contribution in [0.4, 0.5) is 8.78 Å². The summed E-state index contributed by atoms with van der Waals surface area (Å²) in [7, 11) is 0. The second-order valence-electron chi connectivity index (χ2n) is 14.3. The normalized spacial score (nSPS) is 25.4. The molecule has 5 nitrogen and oxygen atoms in total. The second kappa shape index (κ2) is 11.5. The summed E-state index contributed by atoms with van der Waals surface area (Å²) < 4.78 is 28.8. The molecule has 2 amide bonds. The lowest BCUT2D eigenvalue weighted by Crippen LogP contribution is -2.58. The smallest absolute Gasteiger partial charge is 0.227 e. The van der Waals surface area contributed by atoms with Gasteiger partial charge in [-0.05, 0) is 97.7 Å². The predicted molar refractivity (Wildman–Crippen MR) is 151 cm³/mol. The van der Waals surface area contributed by atoms with Gasteiger partial charge in [0.1, 0.15) is 11.6 Å². The summed E-state index contributed by atoms with van der Waals surface area (Å²) >= 11 is 0. The molecule has 3 fully saturated rings. The first-order valence-electron chi connectivity index (χ1n) is 15.0. The minimum Gasteiger partial charge on any atom is -0.351 e. The van der Waals surface area contributed by atoms with E-state index in [2.05, 4.69) is 31.0 Å². The molecule has 0 aromatic heterocycles. The van der Waals surface area contributed by atoms with Crippen molar-refractivity contribution in [2.75, 3.05) is 26.2 Å². The SMILES string of the molecule is CC(C)(C)NC(=O)C1(C2CCCCC2)CCN(C(=O)C2CCN(C(C)(C)C)CC2c2ccc(F)cc2F)CC1. The molecule has 0 radical (unpaired) electrons. The molecule has 1 aliphatic carbocycles. The number of piperidine rings is 2. The minimum absolute atomic E-state index is 0.0470. The number of nitrogens with one attached hydrogen (secondary N) is 1. The van der Waals surface area contributed by atoms with Gasteiger partial charge in [0, 0.05) is 48.6 Å². The molecule has 7 heteroatoms. The average Bonchev–Trinajstić information content (AvgIpc) is 2.87. The quantitative estimate of drug-likeness (QED) is 0.485. The molecule has 2 aliphatic heterocycles. The molecular weight excluding hydrogens is 496 g/mol. The molecule has 1 saturated carbocycles. The number of nitrogens with zero attached hydrogens (tertiary/aromatic N) is 2. The third-order valence-electron chi connectivity index (χ3n) is 9.54. The molecule has 2 saturated heterocycles. The number of hydrogen-bond acceptors (Lipinski definition) is 3. The molecule has 4 rings (SSSR count). The topological polar surface area (TPSA) is 52.7 Å². The first-order valence-corrected chi connectivity index (χ1v) is 15.0. The number of hydrogen-bond donors (Lipinski definition) is 1. The van der Waals surface area contributed by atoms with Crippen molar-refractivity contribution >= 4 is 11.8 Å². The summed E-state index contributed by atoms with van der Waals surface area (Å²) in [5, 5.41) is 3.27. The van der Waals surface area contributed by atoms with E-state index in [9.17, 15) is 14.0 Å². The van der Waals surface area contributed by atoms with Gasteiger partial charge in [-0.1, -0.05) is 25.3 Å². The fourth-order valence-corrected chi connectivity index (χ4v) is 7.28. The summed E-state index contributed by atoms with van der Waals surface area (Å²) in [4.78, 5) is 32.0. The molecule has 0 bridgehead atoms. The highest BCUT2D eigenvalue weighted by Crippen LogP contribution is 2.47. The summed E-state index contributed by atoms with van der Waals surface area (Å²) in [6, 6.07) is 3.74. The van der Waals surface area contributed by atoms with Gasteiger partial charge in [-0.2, -0.15) is 0 Å². The molecule has 0 spiro atoms. The Morgan fingerprint density at radius 2 is 1.56 bits per heavy atom. The van der Waals surface area contributed by atoms with Gasteiger partial charge in [0.25, 0.3) is 0 Å². The molecule has 218 valence electrons. The highest BCUT2D eigenvalue weighted by molar-refractivity contribution is 5.85. The van der Waals surface area contributed by atoms with E-state index >= 15 is 4.39 Å². The number of halogens is 2. The van der Waals surface area contributed by atoms with Gasteiger partial charge in [-0.15, -0.1) is 0 Å². The van der Waals surface area contributed by atoms with E-state index in [0.29, 0.717) is 50.4 Å². The van der Waals surface area contributed by atoms with Crippen molar-refractivity contribution in [1.82, 2.24) is 15.1 Å². The van der Waals surface area contributed by atoms with Gasteiger partial charge >= 0.3 is 0 Å². The Bertz CT molecular complexity index is 1030. The number of carbonyl (C=O) groups is 2. The highest BCUT2D eigenvalue weighted by Gasteiger charge is 2.50. The average molecular weight is 546 g/mol. The molecule has 3 aliphatic rings. The zero-order valence-electron chi connectivity index (χ0n) is 24.9. The van der Waals surface area contributed by atoms with Gasteiger partial charge in [0.05, 0.1) is 5.41 Å². The molecule has 1 aromatic carbocycles. The highest BCUT2D eigenvalue weighted by atomic mass is 19.1. The van der Waals surface area contributed by atoms with E-state index in [-0.39, 0.29) is 34.7 Å². The van der Waals surface area contributed by atoms with Crippen molar-refractivity contribution in [1.29, 1.82) is 0 Å². The van der Waals surface area contributed by atoms with Crippen LogP contribution in [-0.4, -0.2) is 58.9 Å². The first kappa shape index (κ1) is 30.0. The maximum Gasteiger partial charge on any atom is 0.227 e. The van der Waals surface area contributed by atoms with E-state index in [1.54, 1.807) is 0 Å². The molecule has 39 heavy (non-hydrogen) atoms. The van der Waals surface area contributed by atoms with Crippen LogP contribution in [0.2, 0.25) is 0 Å². The first-order chi connectivity index (χ1) is 18.2. The van der Waals surface area contributed by atoms with Gasteiger partial charge < -0.3 is 10.2 Å². The number of amides is 2. The molecule has 2 unspecified atom stereocenters. The zero-order chi connectivity index (χ0) is 28.6. The van der Waals surface area contributed by atoms with Crippen LogP contribution in [0.25, 0.3) is 0 Å². The third-order valence-corrected chi connectivity index (χ3v) is 9.54. The van der Waals surface area contributed by atoms with E-state index in [0.717, 1.165) is 38.3 Å². The minimum atomic E-state index is -0.605. The van der Waals surface area contributed by atoms with Crippen LogP contribution < -0.4 is 5.32 Å². The van der Waals surface area contributed by atoms with Crippen molar-refractivity contribution in [3.05, 3.63) is 35.4 Å². The van der Waals surface area contributed by atoms with Crippen molar-refractivity contribution < 1.29 is 18.4 Å². The standard InChI is InChI=1S/C32H49F2N3O2/c1-30(2,3)35-29(39)32(22-10-8-7-9-11-22)15-18-36(19-16-32)28(38)25-14-17-37(31(4,5)6)21-26(25)24-13-12-23(33)20-27(24)34/h12-13,20,22,25-26H,7-11,14-19,21H2,1-6H3,(H,35,39). The van der Waals surface area contributed by atoms with Crippen LogP contribution in [-0.2, 0) is 9.59 Å². The Balaban J connectivity index is 1.55. The molecule has 2 atom stereocenters. The van der Waals surface area contributed by atoms with Crippen LogP contribution in [0.5, 0.6) is 0 Å². The zero-order valence-corrected chi connectivity index (χ0v) is 24.9. The number of rotatable bonds is 4. The molecule has 1 aromatic rings. The fourth-order valence-electron chi connectivity index (χ4n) is 7.28. The van der Waals surface area contributed by atoms with Gasteiger partial charge in [0.15, 0.2) is 0 Å². The van der Waals surface area contributed by atoms with Crippen molar-refractivity contribution in [2.24, 2.45) is 17.3 Å². The van der Waals surface area contributed by atoms with Crippen LogP contribution >= 0.6 is 0 Å². The van der Waals surface area contributed by atoms with E-state index in [4.69, 9.17) is 0 Å². The Hall–Kier alpha value is -2.02. The van der Waals surface area contributed by atoms with Crippen molar-refractivity contribution in [3.8, 4) is 0 Å². The number of benzene rings is 1. The van der Waals surface area contributed by atoms with E-state index in [1.807, 2.05) is 25.7 Å². The summed E-state index contributed by atoms with van der Waals surface area (Å²) in [6.07, 6.45) is 7.66.